The lowest BCUT2D eigenvalue weighted by atomic mass is 10.0. The Kier molecular flexibility index (Phi) is 3.89. The molecule has 0 radical (unpaired) electrons. The molecule has 0 bridgehead atoms. The Balaban J connectivity index is 2.30. The molecule has 17 heavy (non-hydrogen) atoms. The van der Waals surface area contributed by atoms with Gasteiger partial charge in [-0.3, -0.25) is 4.57 Å². The molecule has 0 unspecified atom stereocenters. The van der Waals surface area contributed by atoms with E-state index in [0.717, 1.165) is 10.9 Å². The molecular weight excluding hydrogens is 228 g/mol. The lowest BCUT2D eigenvalue weighted by molar-refractivity contribution is 0.858. The van der Waals surface area contributed by atoms with Crippen LogP contribution in [0.1, 0.15) is 32.3 Å². The highest BCUT2D eigenvalue weighted by atomic mass is 32.2. The number of rotatable bonds is 4. The minimum Gasteiger partial charge on any atom is -0.295 e. The van der Waals surface area contributed by atoms with Crippen molar-refractivity contribution in [2.24, 2.45) is 0 Å². The van der Waals surface area contributed by atoms with Gasteiger partial charge in [-0.05, 0) is 29.4 Å². The topological polar surface area (TPSA) is 17.8 Å². The Labute approximate surface area is 107 Å². The van der Waals surface area contributed by atoms with Crippen LogP contribution in [0.15, 0.2) is 41.8 Å². The highest BCUT2D eigenvalue weighted by Gasteiger charge is 2.05. The van der Waals surface area contributed by atoms with E-state index >= 15 is 0 Å². The van der Waals surface area contributed by atoms with Gasteiger partial charge in [0, 0.05) is 18.1 Å². The van der Waals surface area contributed by atoms with Crippen LogP contribution in [0.25, 0.3) is 5.69 Å². The normalized spacial score (nSPS) is 11.1. The van der Waals surface area contributed by atoms with Crippen molar-refractivity contribution >= 4 is 11.8 Å². The molecule has 0 fully saturated rings. The highest BCUT2D eigenvalue weighted by molar-refractivity contribution is 7.99. The maximum absolute atomic E-state index is 4.37. The number of benzene rings is 1. The molecule has 0 spiro atoms. The highest BCUT2D eigenvalue weighted by Crippen LogP contribution is 2.22. The smallest absolute Gasteiger partial charge is 0.172 e. The van der Waals surface area contributed by atoms with E-state index in [2.05, 4.69) is 54.6 Å². The summed E-state index contributed by atoms with van der Waals surface area (Å²) in [7, 11) is 0. The third kappa shape index (κ3) is 2.72. The van der Waals surface area contributed by atoms with Gasteiger partial charge >= 0.3 is 0 Å². The standard InChI is InChI=1S/C14H18N2S/c1-4-17-14-15-9-10-16(14)13-7-5-12(6-8-13)11(2)3/h5-11H,4H2,1-3H3. The third-order valence-electron chi connectivity index (χ3n) is 2.72. The molecule has 1 aromatic heterocycles. The summed E-state index contributed by atoms with van der Waals surface area (Å²) in [5, 5.41) is 1.06. The van der Waals surface area contributed by atoms with Crippen LogP contribution in [0.5, 0.6) is 0 Å². The summed E-state index contributed by atoms with van der Waals surface area (Å²) in [6.07, 6.45) is 3.87. The molecule has 2 aromatic rings. The van der Waals surface area contributed by atoms with E-state index in [0.29, 0.717) is 5.92 Å². The Morgan fingerprint density at radius 1 is 1.24 bits per heavy atom. The van der Waals surface area contributed by atoms with Gasteiger partial charge < -0.3 is 0 Å². The van der Waals surface area contributed by atoms with E-state index in [1.807, 2.05) is 12.4 Å². The van der Waals surface area contributed by atoms with E-state index in [4.69, 9.17) is 0 Å². The fourth-order valence-corrected chi connectivity index (χ4v) is 2.44. The molecule has 0 aliphatic rings. The molecule has 1 aromatic carbocycles. The number of imidazole rings is 1. The van der Waals surface area contributed by atoms with Gasteiger partial charge in [-0.25, -0.2) is 4.98 Å². The second kappa shape index (κ2) is 5.41. The van der Waals surface area contributed by atoms with Gasteiger partial charge in [0.05, 0.1) is 0 Å². The number of thioether (sulfide) groups is 1. The van der Waals surface area contributed by atoms with Gasteiger partial charge in [0.15, 0.2) is 5.16 Å². The van der Waals surface area contributed by atoms with Gasteiger partial charge in [-0.1, -0.05) is 44.7 Å². The number of aromatic nitrogens is 2. The number of hydrogen-bond donors (Lipinski definition) is 0. The van der Waals surface area contributed by atoms with Crippen molar-refractivity contribution in [3.05, 3.63) is 42.2 Å². The molecule has 0 aliphatic carbocycles. The van der Waals surface area contributed by atoms with Crippen LogP contribution in [-0.4, -0.2) is 15.3 Å². The van der Waals surface area contributed by atoms with Crippen molar-refractivity contribution < 1.29 is 0 Å². The second-order valence-electron chi connectivity index (χ2n) is 4.26. The summed E-state index contributed by atoms with van der Waals surface area (Å²) in [6.45, 7) is 6.57. The fourth-order valence-electron chi connectivity index (χ4n) is 1.74. The Hall–Kier alpha value is -1.22. The molecule has 0 N–H and O–H groups in total. The van der Waals surface area contributed by atoms with Gasteiger partial charge in [-0.2, -0.15) is 0 Å². The SMILES string of the molecule is CCSc1nccn1-c1ccc(C(C)C)cc1. The molecule has 0 aliphatic heterocycles. The third-order valence-corrected chi connectivity index (χ3v) is 3.57. The van der Waals surface area contributed by atoms with Crippen LogP contribution in [-0.2, 0) is 0 Å². The molecule has 0 amide bonds. The molecule has 3 heteroatoms. The van der Waals surface area contributed by atoms with Gasteiger partial charge in [0.1, 0.15) is 0 Å². The van der Waals surface area contributed by atoms with Crippen LogP contribution < -0.4 is 0 Å². The van der Waals surface area contributed by atoms with Crippen molar-refractivity contribution in [1.29, 1.82) is 0 Å². The Bertz CT molecular complexity index is 471. The van der Waals surface area contributed by atoms with E-state index in [1.165, 1.54) is 11.3 Å². The average molecular weight is 246 g/mol. The first-order chi connectivity index (χ1) is 8.22. The van der Waals surface area contributed by atoms with E-state index < -0.39 is 0 Å². The molecule has 0 saturated carbocycles. The first-order valence-corrected chi connectivity index (χ1v) is 6.97. The number of hydrogen-bond acceptors (Lipinski definition) is 2. The Morgan fingerprint density at radius 2 is 1.94 bits per heavy atom. The lowest BCUT2D eigenvalue weighted by Gasteiger charge is -2.09. The van der Waals surface area contributed by atoms with Crippen LogP contribution >= 0.6 is 11.8 Å². The van der Waals surface area contributed by atoms with E-state index in [1.54, 1.807) is 11.8 Å². The monoisotopic (exact) mass is 246 g/mol. The van der Waals surface area contributed by atoms with Crippen molar-refractivity contribution in [2.45, 2.75) is 31.8 Å². The maximum atomic E-state index is 4.37. The van der Waals surface area contributed by atoms with Crippen molar-refractivity contribution in [1.82, 2.24) is 9.55 Å². The van der Waals surface area contributed by atoms with Crippen molar-refractivity contribution in [3.63, 3.8) is 0 Å². The zero-order valence-electron chi connectivity index (χ0n) is 10.6. The average Bonchev–Trinajstić information content (AvgIpc) is 2.78. The summed E-state index contributed by atoms with van der Waals surface area (Å²) < 4.78 is 2.14. The van der Waals surface area contributed by atoms with Crippen molar-refractivity contribution in [2.75, 3.05) is 5.75 Å². The summed E-state index contributed by atoms with van der Waals surface area (Å²) in [5.74, 6) is 1.62. The van der Waals surface area contributed by atoms with E-state index in [-0.39, 0.29) is 0 Å². The summed E-state index contributed by atoms with van der Waals surface area (Å²) in [4.78, 5) is 4.37. The van der Waals surface area contributed by atoms with Crippen LogP contribution in [0.4, 0.5) is 0 Å². The fraction of sp³-hybridized carbons (Fsp3) is 0.357. The predicted molar refractivity (Wildman–Crippen MR) is 74.1 cm³/mol. The van der Waals surface area contributed by atoms with Crippen LogP contribution in [0.3, 0.4) is 0 Å². The molecule has 2 nitrogen and oxygen atoms in total. The minimum atomic E-state index is 0.580. The summed E-state index contributed by atoms with van der Waals surface area (Å²) in [5.41, 5.74) is 2.56. The van der Waals surface area contributed by atoms with Crippen LogP contribution in [0, 0.1) is 0 Å². The largest absolute Gasteiger partial charge is 0.295 e. The molecule has 2 rings (SSSR count). The van der Waals surface area contributed by atoms with E-state index in [9.17, 15) is 0 Å². The van der Waals surface area contributed by atoms with Gasteiger partial charge in [-0.15, -0.1) is 0 Å². The Morgan fingerprint density at radius 3 is 2.53 bits per heavy atom. The lowest BCUT2D eigenvalue weighted by Crippen LogP contribution is -1.96. The molecule has 0 atom stereocenters. The molecular formula is C14H18N2S. The van der Waals surface area contributed by atoms with Gasteiger partial charge in [0.25, 0.3) is 0 Å². The molecule has 1 heterocycles. The zero-order chi connectivity index (χ0) is 12.3. The van der Waals surface area contributed by atoms with Gasteiger partial charge in [0.2, 0.25) is 0 Å². The predicted octanol–water partition coefficient (Wildman–Crippen LogP) is 4.11. The zero-order valence-corrected chi connectivity index (χ0v) is 11.4. The number of nitrogens with zero attached hydrogens (tertiary/aromatic N) is 2. The van der Waals surface area contributed by atoms with Crippen molar-refractivity contribution in [3.8, 4) is 5.69 Å². The second-order valence-corrected chi connectivity index (χ2v) is 5.49. The van der Waals surface area contributed by atoms with Crippen LogP contribution in [0.2, 0.25) is 0 Å². The summed E-state index contributed by atoms with van der Waals surface area (Å²) in [6, 6.07) is 8.72. The summed E-state index contributed by atoms with van der Waals surface area (Å²) >= 11 is 1.77. The minimum absolute atomic E-state index is 0.580. The maximum Gasteiger partial charge on any atom is 0.172 e. The molecule has 90 valence electrons. The molecule has 0 saturated heterocycles. The first kappa shape index (κ1) is 12.2. The first-order valence-electron chi connectivity index (χ1n) is 5.99. The quantitative estimate of drug-likeness (QED) is 0.756.